The number of anilines is 1. The van der Waals surface area contributed by atoms with E-state index in [-0.39, 0.29) is 0 Å². The van der Waals surface area contributed by atoms with Gasteiger partial charge in [0.15, 0.2) is 0 Å². The lowest BCUT2D eigenvalue weighted by molar-refractivity contribution is 0.414. The molecular weight excluding hydrogens is 272 g/mol. The van der Waals surface area contributed by atoms with Crippen LogP contribution in [0.15, 0.2) is 36.4 Å². The molecule has 1 saturated carbocycles. The van der Waals surface area contributed by atoms with Gasteiger partial charge in [-0.1, -0.05) is 23.7 Å². The van der Waals surface area contributed by atoms with Gasteiger partial charge in [-0.15, -0.1) is 0 Å². The highest BCUT2D eigenvalue weighted by atomic mass is 35.5. The molecule has 0 unspecified atom stereocenters. The molecule has 0 spiro atoms. The van der Waals surface area contributed by atoms with Crippen LogP contribution in [0.5, 0.6) is 5.75 Å². The SMILES string of the molecule is COc1ccc(CNc2cc(C3CC3)cc(Cl)n2)cc1. The standard InChI is InChI=1S/C16H17ClN2O/c1-20-14-6-2-11(3-7-14)10-18-16-9-13(12-4-5-12)8-15(17)19-16/h2-3,6-9,12H,4-5,10H2,1H3,(H,18,19). The Morgan fingerprint density at radius 2 is 2.00 bits per heavy atom. The number of rotatable bonds is 5. The van der Waals surface area contributed by atoms with E-state index in [0.29, 0.717) is 11.1 Å². The largest absolute Gasteiger partial charge is 0.497 e. The van der Waals surface area contributed by atoms with E-state index in [4.69, 9.17) is 16.3 Å². The van der Waals surface area contributed by atoms with Crippen LogP contribution < -0.4 is 10.1 Å². The summed E-state index contributed by atoms with van der Waals surface area (Å²) in [5.41, 5.74) is 2.47. The molecule has 1 aromatic heterocycles. The van der Waals surface area contributed by atoms with E-state index in [1.807, 2.05) is 30.3 Å². The van der Waals surface area contributed by atoms with Crippen LogP contribution in [0.2, 0.25) is 5.15 Å². The van der Waals surface area contributed by atoms with Crippen LogP contribution in [0.1, 0.15) is 29.9 Å². The van der Waals surface area contributed by atoms with E-state index in [9.17, 15) is 0 Å². The van der Waals surface area contributed by atoms with Crippen molar-refractivity contribution < 1.29 is 4.74 Å². The number of benzene rings is 1. The van der Waals surface area contributed by atoms with Crippen LogP contribution in [0.25, 0.3) is 0 Å². The second kappa shape index (κ2) is 5.71. The van der Waals surface area contributed by atoms with Crippen molar-refractivity contribution in [1.29, 1.82) is 0 Å². The molecule has 1 fully saturated rings. The summed E-state index contributed by atoms with van der Waals surface area (Å²) in [6.45, 7) is 0.724. The topological polar surface area (TPSA) is 34.1 Å². The highest BCUT2D eigenvalue weighted by Gasteiger charge is 2.24. The number of ether oxygens (including phenoxy) is 1. The Morgan fingerprint density at radius 3 is 2.65 bits per heavy atom. The van der Waals surface area contributed by atoms with Crippen LogP contribution in [-0.2, 0) is 6.54 Å². The molecule has 0 saturated heterocycles. The van der Waals surface area contributed by atoms with Crippen molar-refractivity contribution in [3.05, 3.63) is 52.7 Å². The molecule has 1 heterocycles. The van der Waals surface area contributed by atoms with Crippen LogP contribution >= 0.6 is 11.6 Å². The minimum Gasteiger partial charge on any atom is -0.497 e. The van der Waals surface area contributed by atoms with Crippen molar-refractivity contribution in [2.75, 3.05) is 12.4 Å². The lowest BCUT2D eigenvalue weighted by Crippen LogP contribution is -2.02. The molecule has 0 aliphatic heterocycles. The van der Waals surface area contributed by atoms with Crippen molar-refractivity contribution in [2.45, 2.75) is 25.3 Å². The average molecular weight is 289 g/mol. The van der Waals surface area contributed by atoms with Gasteiger partial charge in [0.1, 0.15) is 16.7 Å². The summed E-state index contributed by atoms with van der Waals surface area (Å²) in [7, 11) is 1.67. The van der Waals surface area contributed by atoms with Gasteiger partial charge in [0.25, 0.3) is 0 Å². The number of aromatic nitrogens is 1. The molecule has 0 amide bonds. The summed E-state index contributed by atoms with van der Waals surface area (Å²) in [6, 6.07) is 12.1. The zero-order valence-corrected chi connectivity index (χ0v) is 12.2. The normalized spacial score (nSPS) is 14.1. The monoisotopic (exact) mass is 288 g/mol. The third-order valence-corrected chi connectivity index (χ3v) is 3.69. The van der Waals surface area contributed by atoms with Crippen molar-refractivity contribution in [1.82, 2.24) is 4.98 Å². The molecule has 20 heavy (non-hydrogen) atoms. The highest BCUT2D eigenvalue weighted by Crippen LogP contribution is 2.41. The van der Waals surface area contributed by atoms with Gasteiger partial charge in [0.2, 0.25) is 0 Å². The summed E-state index contributed by atoms with van der Waals surface area (Å²) in [5, 5.41) is 3.89. The molecule has 0 atom stereocenters. The van der Waals surface area contributed by atoms with Gasteiger partial charge in [-0.05, 0) is 54.2 Å². The Morgan fingerprint density at radius 1 is 1.25 bits per heavy atom. The van der Waals surface area contributed by atoms with Crippen molar-refractivity contribution >= 4 is 17.4 Å². The van der Waals surface area contributed by atoms with E-state index in [1.165, 1.54) is 24.0 Å². The van der Waals surface area contributed by atoms with Crippen LogP contribution in [-0.4, -0.2) is 12.1 Å². The number of hydrogen-bond donors (Lipinski definition) is 1. The quantitative estimate of drug-likeness (QED) is 0.836. The summed E-state index contributed by atoms with van der Waals surface area (Å²) in [5.74, 6) is 2.39. The molecule has 0 bridgehead atoms. The second-order valence-corrected chi connectivity index (χ2v) is 5.47. The van der Waals surface area contributed by atoms with Crippen molar-refractivity contribution in [3.8, 4) is 5.75 Å². The van der Waals surface area contributed by atoms with Crippen molar-refractivity contribution in [3.63, 3.8) is 0 Å². The third kappa shape index (κ3) is 3.23. The average Bonchev–Trinajstić information content (AvgIpc) is 3.30. The first-order valence-electron chi connectivity index (χ1n) is 6.79. The first kappa shape index (κ1) is 13.3. The fourth-order valence-electron chi connectivity index (χ4n) is 2.20. The van der Waals surface area contributed by atoms with Crippen molar-refractivity contribution in [2.24, 2.45) is 0 Å². The Bertz CT molecular complexity index is 594. The number of methoxy groups -OCH3 is 1. The minimum absolute atomic E-state index is 0.562. The molecule has 2 aromatic rings. The van der Waals surface area contributed by atoms with E-state index in [2.05, 4.69) is 16.4 Å². The predicted molar refractivity (Wildman–Crippen MR) is 81.5 cm³/mol. The van der Waals surface area contributed by atoms with E-state index in [0.717, 1.165) is 18.1 Å². The predicted octanol–water partition coefficient (Wildman–Crippen LogP) is 4.23. The minimum atomic E-state index is 0.562. The summed E-state index contributed by atoms with van der Waals surface area (Å²) >= 11 is 6.08. The maximum absolute atomic E-state index is 6.08. The van der Waals surface area contributed by atoms with Crippen LogP contribution in [0.4, 0.5) is 5.82 Å². The van der Waals surface area contributed by atoms with Gasteiger partial charge >= 0.3 is 0 Å². The van der Waals surface area contributed by atoms with Gasteiger partial charge in [0.05, 0.1) is 7.11 Å². The molecule has 3 nitrogen and oxygen atoms in total. The van der Waals surface area contributed by atoms with E-state index >= 15 is 0 Å². The molecule has 3 rings (SSSR count). The van der Waals surface area contributed by atoms with Gasteiger partial charge in [-0.2, -0.15) is 0 Å². The fourth-order valence-corrected chi connectivity index (χ4v) is 2.41. The molecule has 1 aromatic carbocycles. The molecular formula is C16H17ClN2O. The Hall–Kier alpha value is -1.74. The van der Waals surface area contributed by atoms with Gasteiger partial charge in [0, 0.05) is 6.54 Å². The Labute approximate surface area is 123 Å². The lowest BCUT2D eigenvalue weighted by Gasteiger charge is -2.09. The molecule has 104 valence electrons. The molecule has 1 N–H and O–H groups in total. The maximum Gasteiger partial charge on any atom is 0.131 e. The number of nitrogens with one attached hydrogen (secondary N) is 1. The summed E-state index contributed by atoms with van der Waals surface area (Å²) in [6.07, 6.45) is 2.52. The smallest absolute Gasteiger partial charge is 0.131 e. The lowest BCUT2D eigenvalue weighted by atomic mass is 10.1. The number of halogens is 1. The molecule has 4 heteroatoms. The first-order chi connectivity index (χ1) is 9.74. The molecule has 0 radical (unpaired) electrons. The van der Waals surface area contributed by atoms with Gasteiger partial charge < -0.3 is 10.1 Å². The van der Waals surface area contributed by atoms with Crippen LogP contribution in [0, 0.1) is 0 Å². The second-order valence-electron chi connectivity index (χ2n) is 5.08. The number of pyridine rings is 1. The zero-order valence-electron chi connectivity index (χ0n) is 11.4. The summed E-state index contributed by atoms with van der Waals surface area (Å²) < 4.78 is 5.15. The zero-order chi connectivity index (χ0) is 13.9. The number of nitrogens with zero attached hydrogens (tertiary/aromatic N) is 1. The van der Waals surface area contributed by atoms with E-state index < -0.39 is 0 Å². The summed E-state index contributed by atoms with van der Waals surface area (Å²) in [4.78, 5) is 4.32. The Kier molecular flexibility index (Phi) is 3.79. The van der Waals surface area contributed by atoms with E-state index in [1.54, 1.807) is 7.11 Å². The van der Waals surface area contributed by atoms with Gasteiger partial charge in [-0.3, -0.25) is 0 Å². The molecule has 1 aliphatic rings. The Balaban J connectivity index is 1.67. The molecule has 1 aliphatic carbocycles. The number of hydrogen-bond acceptors (Lipinski definition) is 3. The van der Waals surface area contributed by atoms with Gasteiger partial charge in [-0.25, -0.2) is 4.98 Å². The first-order valence-corrected chi connectivity index (χ1v) is 7.16. The maximum atomic E-state index is 6.08. The fraction of sp³-hybridized carbons (Fsp3) is 0.312. The highest BCUT2D eigenvalue weighted by molar-refractivity contribution is 6.29. The van der Waals surface area contributed by atoms with Crippen LogP contribution in [0.3, 0.4) is 0 Å². The third-order valence-electron chi connectivity index (χ3n) is 3.50.